The third kappa shape index (κ3) is 3.02. The Labute approximate surface area is 114 Å². The summed E-state index contributed by atoms with van der Waals surface area (Å²) in [6.45, 7) is 10.5. The first kappa shape index (κ1) is 15.0. The van der Waals surface area contributed by atoms with Gasteiger partial charge in [-0.25, -0.2) is 4.99 Å². The lowest BCUT2D eigenvalue weighted by Crippen LogP contribution is -2.28. The van der Waals surface area contributed by atoms with Crippen molar-refractivity contribution in [1.29, 1.82) is 0 Å². The number of carbonyl (C=O) groups is 1. The first-order valence-electron chi connectivity index (χ1n) is 6.52. The lowest BCUT2D eigenvalue weighted by molar-refractivity contribution is 0.0802. The molecule has 4 nitrogen and oxygen atoms in total. The Bertz CT molecular complexity index is 506. The van der Waals surface area contributed by atoms with Gasteiger partial charge in [-0.05, 0) is 19.1 Å². The number of hydrogen-bond acceptors (Lipinski definition) is 3. The minimum Gasteiger partial charge on any atom is -0.346 e. The predicted molar refractivity (Wildman–Crippen MR) is 80.7 cm³/mol. The van der Waals surface area contributed by atoms with E-state index in [9.17, 15) is 4.79 Å². The third-order valence-electron chi connectivity index (χ3n) is 2.84. The van der Waals surface area contributed by atoms with Gasteiger partial charge in [0.05, 0.1) is 17.6 Å². The van der Waals surface area contributed by atoms with E-state index in [0.717, 1.165) is 11.3 Å². The van der Waals surface area contributed by atoms with Gasteiger partial charge < -0.3 is 10.2 Å². The highest BCUT2D eigenvalue weighted by Crippen LogP contribution is 2.30. The van der Waals surface area contributed by atoms with E-state index in [-0.39, 0.29) is 5.91 Å². The Balaban J connectivity index is 0.000000861. The van der Waals surface area contributed by atoms with Crippen LogP contribution < -0.4 is 5.32 Å². The third-order valence-corrected chi connectivity index (χ3v) is 2.84. The van der Waals surface area contributed by atoms with Crippen LogP contribution in [0.1, 0.15) is 36.7 Å². The molecule has 19 heavy (non-hydrogen) atoms. The molecule has 1 aliphatic rings. The molecule has 1 aliphatic heterocycles. The van der Waals surface area contributed by atoms with Crippen LogP contribution in [0.25, 0.3) is 5.70 Å². The fraction of sp³-hybridized carbons (Fsp3) is 0.333. The average Bonchev–Trinajstić information content (AvgIpc) is 2.47. The summed E-state index contributed by atoms with van der Waals surface area (Å²) in [6, 6.07) is 5.52. The Kier molecular flexibility index (Phi) is 5.30. The Morgan fingerprint density at radius 1 is 1.42 bits per heavy atom. The summed E-state index contributed by atoms with van der Waals surface area (Å²) in [5.41, 5.74) is 2.93. The molecule has 0 saturated carbocycles. The number of nitrogens with one attached hydrogen (secondary N) is 1. The van der Waals surface area contributed by atoms with Gasteiger partial charge in [-0.2, -0.15) is 0 Å². The number of aliphatic imine (C=N–C) groups is 1. The molecule has 0 aliphatic carbocycles. The van der Waals surface area contributed by atoms with Crippen molar-refractivity contribution in [2.75, 3.05) is 13.6 Å². The highest BCUT2D eigenvalue weighted by atomic mass is 16.2. The zero-order valence-corrected chi connectivity index (χ0v) is 12.0. The Morgan fingerprint density at radius 2 is 2.11 bits per heavy atom. The molecule has 2 rings (SSSR count). The highest BCUT2D eigenvalue weighted by Gasteiger charge is 2.20. The number of nitrogens with zero attached hydrogens (tertiary/aromatic N) is 2. The monoisotopic (exact) mass is 259 g/mol. The van der Waals surface area contributed by atoms with Crippen molar-refractivity contribution in [3.05, 3.63) is 35.9 Å². The van der Waals surface area contributed by atoms with Crippen molar-refractivity contribution < 1.29 is 4.79 Å². The van der Waals surface area contributed by atoms with Gasteiger partial charge >= 0.3 is 0 Å². The van der Waals surface area contributed by atoms with E-state index in [1.54, 1.807) is 24.4 Å². The van der Waals surface area contributed by atoms with Crippen molar-refractivity contribution in [3.63, 3.8) is 0 Å². The zero-order valence-electron chi connectivity index (χ0n) is 12.0. The number of fused-ring (bicyclic) bond motifs is 1. The van der Waals surface area contributed by atoms with E-state index >= 15 is 0 Å². The smallest absolute Gasteiger partial charge is 0.254 e. The molecule has 0 bridgehead atoms. The van der Waals surface area contributed by atoms with Crippen LogP contribution in [0.3, 0.4) is 0 Å². The van der Waals surface area contributed by atoms with Crippen molar-refractivity contribution >= 4 is 23.6 Å². The van der Waals surface area contributed by atoms with Crippen molar-refractivity contribution in [2.45, 2.75) is 20.8 Å². The molecule has 0 atom stereocenters. The largest absolute Gasteiger partial charge is 0.346 e. The minimum absolute atomic E-state index is 0.00981. The van der Waals surface area contributed by atoms with Gasteiger partial charge in [-0.15, -0.1) is 0 Å². The van der Waals surface area contributed by atoms with E-state index in [1.165, 1.54) is 0 Å². The molecule has 1 aromatic rings. The molecule has 1 aromatic carbocycles. The summed E-state index contributed by atoms with van der Waals surface area (Å²) in [7, 11) is 1.78. The predicted octanol–water partition coefficient (Wildman–Crippen LogP) is 3.04. The number of amides is 1. The lowest BCUT2D eigenvalue weighted by atomic mass is 10.0. The molecule has 0 unspecified atom stereocenters. The van der Waals surface area contributed by atoms with Crippen LogP contribution in [-0.4, -0.2) is 30.7 Å². The van der Waals surface area contributed by atoms with Crippen molar-refractivity contribution in [2.24, 2.45) is 4.99 Å². The van der Waals surface area contributed by atoms with Crippen LogP contribution in [0.2, 0.25) is 0 Å². The van der Waals surface area contributed by atoms with Crippen LogP contribution >= 0.6 is 0 Å². The standard InChI is InChI=1S/C13H15N3O.C2H6/c1-4-16(3)13(17)10-6-5-7-11-12(10)9(2)14-8-15-11;1-2/h5-8H,2,4H2,1,3H3,(H,14,15);1-2H3. The zero-order chi connectivity index (χ0) is 14.4. The topological polar surface area (TPSA) is 44.7 Å². The molecule has 1 N–H and O–H groups in total. The summed E-state index contributed by atoms with van der Waals surface area (Å²) < 4.78 is 0. The number of rotatable bonds is 2. The molecule has 0 aromatic heterocycles. The second kappa shape index (κ2) is 6.73. The summed E-state index contributed by atoms with van der Waals surface area (Å²) in [4.78, 5) is 18.1. The Hall–Kier alpha value is -2.10. The van der Waals surface area contributed by atoms with Gasteiger partial charge in [-0.1, -0.05) is 26.5 Å². The molecular formula is C15H21N3O. The fourth-order valence-corrected chi connectivity index (χ4v) is 1.74. The van der Waals surface area contributed by atoms with E-state index in [0.29, 0.717) is 17.8 Å². The molecular weight excluding hydrogens is 238 g/mol. The molecule has 0 fully saturated rings. The summed E-state index contributed by atoms with van der Waals surface area (Å²) in [5.74, 6) is -0.00981. The van der Waals surface area contributed by atoms with Gasteiger partial charge in [0.2, 0.25) is 0 Å². The van der Waals surface area contributed by atoms with Crippen LogP contribution in [0.15, 0.2) is 29.8 Å². The van der Waals surface area contributed by atoms with Crippen LogP contribution in [0, 0.1) is 0 Å². The van der Waals surface area contributed by atoms with Gasteiger partial charge in [-0.3, -0.25) is 4.79 Å². The van der Waals surface area contributed by atoms with Gasteiger partial charge in [0.15, 0.2) is 0 Å². The van der Waals surface area contributed by atoms with E-state index in [2.05, 4.69) is 16.9 Å². The number of carbonyl (C=O) groups excluding carboxylic acids is 1. The van der Waals surface area contributed by atoms with Gasteiger partial charge in [0.25, 0.3) is 5.91 Å². The maximum absolute atomic E-state index is 12.2. The lowest BCUT2D eigenvalue weighted by Gasteiger charge is -2.20. The van der Waals surface area contributed by atoms with Gasteiger partial charge in [0.1, 0.15) is 0 Å². The fourth-order valence-electron chi connectivity index (χ4n) is 1.74. The second-order valence-corrected chi connectivity index (χ2v) is 3.90. The highest BCUT2D eigenvalue weighted by molar-refractivity contribution is 6.03. The second-order valence-electron chi connectivity index (χ2n) is 3.90. The van der Waals surface area contributed by atoms with Gasteiger partial charge in [0, 0.05) is 24.9 Å². The minimum atomic E-state index is -0.00981. The van der Waals surface area contributed by atoms with Crippen molar-refractivity contribution in [3.8, 4) is 0 Å². The molecule has 0 saturated heterocycles. The molecule has 0 spiro atoms. The van der Waals surface area contributed by atoms with Crippen molar-refractivity contribution in [1.82, 2.24) is 10.2 Å². The van der Waals surface area contributed by atoms with Crippen LogP contribution in [0.4, 0.5) is 5.69 Å². The van der Waals surface area contributed by atoms with Crippen LogP contribution in [0.5, 0.6) is 0 Å². The maximum Gasteiger partial charge on any atom is 0.254 e. The first-order valence-corrected chi connectivity index (χ1v) is 6.52. The molecule has 1 amide bonds. The maximum atomic E-state index is 12.2. The number of benzene rings is 1. The summed E-state index contributed by atoms with van der Waals surface area (Å²) in [6.07, 6.45) is 1.59. The SMILES string of the molecule is C=C1NC=Nc2cccc(C(=O)N(C)CC)c21.CC. The first-order chi connectivity index (χ1) is 9.15. The number of hydrogen-bond donors (Lipinski definition) is 1. The summed E-state index contributed by atoms with van der Waals surface area (Å²) in [5, 5.41) is 2.93. The molecule has 1 heterocycles. The normalized spacial score (nSPS) is 11.9. The van der Waals surface area contributed by atoms with E-state index in [4.69, 9.17) is 0 Å². The average molecular weight is 259 g/mol. The molecule has 4 heteroatoms. The Morgan fingerprint density at radius 3 is 2.74 bits per heavy atom. The quantitative estimate of drug-likeness (QED) is 0.887. The van der Waals surface area contributed by atoms with Crippen LogP contribution in [-0.2, 0) is 0 Å². The summed E-state index contributed by atoms with van der Waals surface area (Å²) >= 11 is 0. The molecule has 0 radical (unpaired) electrons. The van der Waals surface area contributed by atoms with E-state index in [1.807, 2.05) is 32.9 Å². The van der Waals surface area contributed by atoms with E-state index < -0.39 is 0 Å². The molecule has 102 valence electrons.